The first kappa shape index (κ1) is 18.6. The van der Waals surface area contributed by atoms with E-state index in [1.807, 2.05) is 0 Å². The molecule has 1 unspecified atom stereocenters. The zero-order chi connectivity index (χ0) is 18.4. The standard InChI is InChI=1S/C19H22O6/c20-14(4-1-12-2-7-16(22)18(24)10-12)5-6-15(21)9-13-3-8-17(23)19(25)11-13/h2-3,7-8,10-11,15,21-25H,1,4-6,9H2. The van der Waals surface area contributed by atoms with Crippen molar-refractivity contribution < 1.29 is 30.3 Å². The highest BCUT2D eigenvalue weighted by Crippen LogP contribution is 2.26. The van der Waals surface area contributed by atoms with Crippen molar-refractivity contribution in [2.75, 3.05) is 0 Å². The van der Waals surface area contributed by atoms with Crippen LogP contribution in [0.1, 0.15) is 30.4 Å². The van der Waals surface area contributed by atoms with Crippen LogP contribution >= 0.6 is 0 Å². The Labute approximate surface area is 145 Å². The Balaban J connectivity index is 1.75. The molecule has 0 aliphatic carbocycles. The lowest BCUT2D eigenvalue weighted by Gasteiger charge is -2.11. The van der Waals surface area contributed by atoms with Crippen molar-refractivity contribution in [3.63, 3.8) is 0 Å². The fourth-order valence-electron chi connectivity index (χ4n) is 2.53. The summed E-state index contributed by atoms with van der Waals surface area (Å²) >= 11 is 0. The average Bonchev–Trinajstić information content (AvgIpc) is 2.57. The minimum atomic E-state index is -0.717. The van der Waals surface area contributed by atoms with Crippen LogP contribution in [-0.4, -0.2) is 37.4 Å². The number of rotatable bonds is 8. The van der Waals surface area contributed by atoms with Gasteiger partial charge in [-0.25, -0.2) is 0 Å². The van der Waals surface area contributed by atoms with Crippen LogP contribution in [0.3, 0.4) is 0 Å². The number of aromatic hydroxyl groups is 4. The summed E-state index contributed by atoms with van der Waals surface area (Å²) in [5.41, 5.74) is 1.43. The first-order valence-electron chi connectivity index (χ1n) is 8.06. The Morgan fingerprint density at radius 3 is 1.96 bits per heavy atom. The summed E-state index contributed by atoms with van der Waals surface area (Å²) in [5, 5.41) is 47.3. The smallest absolute Gasteiger partial charge is 0.157 e. The number of carbonyl (C=O) groups is 1. The molecule has 2 rings (SSSR count). The zero-order valence-electron chi connectivity index (χ0n) is 13.7. The van der Waals surface area contributed by atoms with Crippen LogP contribution in [0.4, 0.5) is 0 Å². The Kier molecular flexibility index (Phi) is 6.25. The molecule has 2 aromatic carbocycles. The molecule has 2 aromatic rings. The van der Waals surface area contributed by atoms with Crippen molar-refractivity contribution >= 4 is 5.78 Å². The van der Waals surface area contributed by atoms with Gasteiger partial charge in [0.2, 0.25) is 0 Å². The Morgan fingerprint density at radius 1 is 0.800 bits per heavy atom. The number of ketones is 1. The lowest BCUT2D eigenvalue weighted by molar-refractivity contribution is -0.119. The number of phenolic OH excluding ortho intramolecular Hbond substituents is 4. The van der Waals surface area contributed by atoms with E-state index in [1.54, 1.807) is 12.1 Å². The lowest BCUT2D eigenvalue weighted by Crippen LogP contribution is -2.13. The third kappa shape index (κ3) is 5.69. The largest absolute Gasteiger partial charge is 0.504 e. The minimum absolute atomic E-state index is 0.000156. The Hall–Kier alpha value is -2.73. The van der Waals surface area contributed by atoms with Crippen LogP contribution in [0, 0.1) is 0 Å². The van der Waals surface area contributed by atoms with Crippen molar-refractivity contribution in [2.45, 2.75) is 38.2 Å². The summed E-state index contributed by atoms with van der Waals surface area (Å²) in [6, 6.07) is 8.81. The van der Waals surface area contributed by atoms with Gasteiger partial charge in [0.05, 0.1) is 6.10 Å². The summed E-state index contributed by atoms with van der Waals surface area (Å²) in [7, 11) is 0. The molecule has 6 nitrogen and oxygen atoms in total. The molecule has 0 heterocycles. The van der Waals surface area contributed by atoms with Crippen LogP contribution in [0.2, 0.25) is 0 Å². The number of carbonyl (C=O) groups excluding carboxylic acids is 1. The molecule has 0 fully saturated rings. The zero-order valence-corrected chi connectivity index (χ0v) is 13.7. The molecular weight excluding hydrogens is 324 g/mol. The van der Waals surface area contributed by atoms with Gasteiger partial charge in [0, 0.05) is 12.8 Å². The van der Waals surface area contributed by atoms with Gasteiger partial charge in [-0.05, 0) is 54.7 Å². The third-order valence-corrected chi connectivity index (χ3v) is 4.00. The molecule has 5 N–H and O–H groups in total. The van der Waals surface area contributed by atoms with Crippen molar-refractivity contribution in [3.8, 4) is 23.0 Å². The minimum Gasteiger partial charge on any atom is -0.504 e. The molecule has 6 heteroatoms. The monoisotopic (exact) mass is 346 g/mol. The van der Waals surface area contributed by atoms with E-state index >= 15 is 0 Å². The second-order valence-corrected chi connectivity index (χ2v) is 6.08. The molecule has 0 radical (unpaired) electrons. The number of phenols is 4. The maximum Gasteiger partial charge on any atom is 0.157 e. The van der Waals surface area contributed by atoms with Gasteiger partial charge in [0.1, 0.15) is 5.78 Å². The third-order valence-electron chi connectivity index (χ3n) is 4.00. The number of aliphatic hydroxyl groups excluding tert-OH is 1. The van der Waals surface area contributed by atoms with Gasteiger partial charge < -0.3 is 25.5 Å². The summed E-state index contributed by atoms with van der Waals surface area (Å²) in [5.74, 6) is -0.859. The number of benzene rings is 2. The van der Waals surface area contributed by atoms with Crippen LogP contribution in [0.15, 0.2) is 36.4 Å². The van der Waals surface area contributed by atoms with Gasteiger partial charge in [0.25, 0.3) is 0 Å². The first-order chi connectivity index (χ1) is 11.8. The van der Waals surface area contributed by atoms with Crippen LogP contribution in [-0.2, 0) is 17.6 Å². The summed E-state index contributed by atoms with van der Waals surface area (Å²) in [6.07, 6.45) is 0.848. The van der Waals surface area contributed by atoms with E-state index < -0.39 is 6.10 Å². The number of hydrogen-bond acceptors (Lipinski definition) is 6. The van der Waals surface area contributed by atoms with Crippen molar-refractivity contribution in [3.05, 3.63) is 47.5 Å². The molecule has 0 amide bonds. The van der Waals surface area contributed by atoms with E-state index in [0.29, 0.717) is 18.4 Å². The molecule has 0 aliphatic rings. The number of aryl methyl sites for hydroxylation is 1. The predicted molar refractivity (Wildman–Crippen MR) is 91.8 cm³/mol. The van der Waals surface area contributed by atoms with Gasteiger partial charge in [-0.15, -0.1) is 0 Å². The number of aliphatic hydroxyl groups is 1. The van der Waals surface area contributed by atoms with Crippen LogP contribution in [0.25, 0.3) is 0 Å². The molecular formula is C19H22O6. The highest BCUT2D eigenvalue weighted by Gasteiger charge is 2.11. The Bertz CT molecular complexity index is 741. The second kappa shape index (κ2) is 8.39. The van der Waals surface area contributed by atoms with Gasteiger partial charge in [-0.1, -0.05) is 12.1 Å². The SMILES string of the molecule is O=C(CCc1ccc(O)c(O)c1)CCC(O)Cc1ccc(O)c(O)c1. The second-order valence-electron chi connectivity index (χ2n) is 6.08. The quantitative estimate of drug-likeness (QED) is 0.468. The lowest BCUT2D eigenvalue weighted by atomic mass is 10.00. The Morgan fingerprint density at radius 2 is 1.36 bits per heavy atom. The van der Waals surface area contributed by atoms with Gasteiger partial charge in [-0.2, -0.15) is 0 Å². The fourth-order valence-corrected chi connectivity index (χ4v) is 2.53. The summed E-state index contributed by atoms with van der Waals surface area (Å²) in [6.45, 7) is 0. The van der Waals surface area contributed by atoms with Crippen LogP contribution in [0.5, 0.6) is 23.0 Å². The van der Waals surface area contributed by atoms with Gasteiger partial charge in [-0.3, -0.25) is 4.79 Å². The van der Waals surface area contributed by atoms with E-state index in [-0.39, 0.29) is 48.0 Å². The van der Waals surface area contributed by atoms with E-state index in [1.165, 1.54) is 24.3 Å². The fraction of sp³-hybridized carbons (Fsp3) is 0.316. The molecule has 0 spiro atoms. The molecule has 0 saturated carbocycles. The molecule has 0 aromatic heterocycles. The molecule has 0 saturated heterocycles. The number of hydrogen-bond donors (Lipinski definition) is 5. The molecule has 0 aliphatic heterocycles. The van der Waals surface area contributed by atoms with Crippen LogP contribution < -0.4 is 0 Å². The highest BCUT2D eigenvalue weighted by molar-refractivity contribution is 5.78. The van der Waals surface area contributed by atoms with Crippen molar-refractivity contribution in [1.82, 2.24) is 0 Å². The summed E-state index contributed by atoms with van der Waals surface area (Å²) in [4.78, 5) is 11.9. The normalized spacial score (nSPS) is 12.0. The van der Waals surface area contributed by atoms with Crippen molar-refractivity contribution in [1.29, 1.82) is 0 Å². The van der Waals surface area contributed by atoms with E-state index in [4.69, 9.17) is 0 Å². The molecule has 0 bridgehead atoms. The highest BCUT2D eigenvalue weighted by atomic mass is 16.3. The van der Waals surface area contributed by atoms with Gasteiger partial charge in [0.15, 0.2) is 23.0 Å². The first-order valence-corrected chi connectivity index (χ1v) is 8.06. The topological polar surface area (TPSA) is 118 Å². The maximum atomic E-state index is 11.9. The molecule has 134 valence electrons. The average molecular weight is 346 g/mol. The molecule has 25 heavy (non-hydrogen) atoms. The van der Waals surface area contributed by atoms with E-state index in [2.05, 4.69) is 0 Å². The predicted octanol–water partition coefficient (Wildman–Crippen LogP) is 2.39. The molecule has 1 atom stereocenters. The summed E-state index contributed by atoms with van der Waals surface area (Å²) < 4.78 is 0. The van der Waals surface area contributed by atoms with E-state index in [9.17, 15) is 30.3 Å². The van der Waals surface area contributed by atoms with Gasteiger partial charge >= 0.3 is 0 Å². The number of Topliss-reactive ketones (excluding diaryl/α,β-unsaturated/α-hetero) is 1. The van der Waals surface area contributed by atoms with E-state index in [0.717, 1.165) is 5.56 Å². The van der Waals surface area contributed by atoms with Crippen molar-refractivity contribution in [2.24, 2.45) is 0 Å². The maximum absolute atomic E-state index is 11.9.